The van der Waals surface area contributed by atoms with Crippen molar-refractivity contribution >= 4 is 22.5 Å². The molecular formula is C17H19N3O. The molecule has 4 nitrogen and oxygen atoms in total. The van der Waals surface area contributed by atoms with Crippen LogP contribution in [0, 0.1) is 11.3 Å². The lowest BCUT2D eigenvalue weighted by Crippen LogP contribution is -2.11. The van der Waals surface area contributed by atoms with Gasteiger partial charge in [-0.3, -0.25) is 4.79 Å². The number of benzene rings is 1. The largest absolute Gasteiger partial charge is 0.324 e. The van der Waals surface area contributed by atoms with Gasteiger partial charge in [0.25, 0.3) is 0 Å². The molecule has 1 aromatic heterocycles. The molecular weight excluding hydrogens is 262 g/mol. The van der Waals surface area contributed by atoms with Crippen molar-refractivity contribution in [3.8, 4) is 6.07 Å². The minimum absolute atomic E-state index is 0.00256. The summed E-state index contributed by atoms with van der Waals surface area (Å²) < 4.78 is 0. The molecule has 0 atom stereocenters. The first kappa shape index (κ1) is 15.0. The van der Waals surface area contributed by atoms with Crippen LogP contribution < -0.4 is 5.32 Å². The van der Waals surface area contributed by atoms with Crippen molar-refractivity contribution in [2.24, 2.45) is 0 Å². The Morgan fingerprint density at radius 2 is 2.10 bits per heavy atom. The van der Waals surface area contributed by atoms with Gasteiger partial charge >= 0.3 is 0 Å². The zero-order valence-electron chi connectivity index (χ0n) is 12.2. The zero-order valence-corrected chi connectivity index (χ0v) is 12.2. The molecule has 108 valence electrons. The molecule has 2 rings (SSSR count). The monoisotopic (exact) mass is 281 g/mol. The van der Waals surface area contributed by atoms with E-state index >= 15 is 0 Å². The molecule has 21 heavy (non-hydrogen) atoms. The van der Waals surface area contributed by atoms with Crippen LogP contribution in [0.2, 0.25) is 0 Å². The summed E-state index contributed by atoms with van der Waals surface area (Å²) in [5, 5.41) is 12.8. The Balaban J connectivity index is 2.11. The van der Waals surface area contributed by atoms with E-state index in [2.05, 4.69) is 17.2 Å². The molecule has 0 fully saturated rings. The lowest BCUT2D eigenvalue weighted by atomic mass is 10.1. The van der Waals surface area contributed by atoms with E-state index in [1.807, 2.05) is 30.3 Å². The SMILES string of the molecule is CCCCCCC(=O)Nc1cccc2ccc(C#N)nc12. The van der Waals surface area contributed by atoms with Crippen molar-refractivity contribution in [2.75, 3.05) is 5.32 Å². The molecule has 4 heteroatoms. The molecule has 0 spiro atoms. The fourth-order valence-corrected chi connectivity index (χ4v) is 2.24. The second kappa shape index (κ2) is 7.39. The molecule has 0 aliphatic rings. The van der Waals surface area contributed by atoms with Gasteiger partial charge in [-0.05, 0) is 24.6 Å². The highest BCUT2D eigenvalue weighted by Crippen LogP contribution is 2.22. The van der Waals surface area contributed by atoms with Crippen molar-refractivity contribution in [3.05, 3.63) is 36.0 Å². The van der Waals surface area contributed by atoms with Gasteiger partial charge in [-0.1, -0.05) is 38.3 Å². The number of hydrogen-bond donors (Lipinski definition) is 1. The standard InChI is InChI=1S/C17H19N3O/c1-2-3-4-5-9-16(21)20-15-8-6-7-13-10-11-14(12-18)19-17(13)15/h6-8,10-11H,2-5,9H2,1H3,(H,20,21). The number of hydrogen-bond acceptors (Lipinski definition) is 3. The van der Waals surface area contributed by atoms with Crippen LogP contribution in [0.15, 0.2) is 30.3 Å². The fourth-order valence-electron chi connectivity index (χ4n) is 2.24. The van der Waals surface area contributed by atoms with Gasteiger partial charge in [-0.2, -0.15) is 5.26 Å². The number of fused-ring (bicyclic) bond motifs is 1. The average Bonchev–Trinajstić information content (AvgIpc) is 2.51. The summed E-state index contributed by atoms with van der Waals surface area (Å²) in [5.74, 6) is 0.00256. The Morgan fingerprint density at radius 1 is 1.24 bits per heavy atom. The van der Waals surface area contributed by atoms with Crippen LogP contribution >= 0.6 is 0 Å². The molecule has 1 heterocycles. The third-order valence-corrected chi connectivity index (χ3v) is 3.37. The number of anilines is 1. The van der Waals surface area contributed by atoms with Crippen LogP contribution in [-0.4, -0.2) is 10.9 Å². The normalized spacial score (nSPS) is 10.3. The van der Waals surface area contributed by atoms with Crippen LogP contribution in [-0.2, 0) is 4.79 Å². The maximum Gasteiger partial charge on any atom is 0.224 e. The highest BCUT2D eigenvalue weighted by Gasteiger charge is 2.07. The smallest absolute Gasteiger partial charge is 0.224 e. The number of aromatic nitrogens is 1. The van der Waals surface area contributed by atoms with Crippen LogP contribution in [0.4, 0.5) is 5.69 Å². The Bertz CT molecular complexity index is 673. The summed E-state index contributed by atoms with van der Waals surface area (Å²) >= 11 is 0. The Morgan fingerprint density at radius 3 is 2.86 bits per heavy atom. The molecule has 1 N–H and O–H groups in total. The summed E-state index contributed by atoms with van der Waals surface area (Å²) in [6.07, 6.45) is 4.83. The Labute approximate surface area is 124 Å². The number of rotatable bonds is 6. The maximum atomic E-state index is 12.0. The van der Waals surface area contributed by atoms with Gasteiger partial charge in [-0.15, -0.1) is 0 Å². The first-order valence-corrected chi connectivity index (χ1v) is 7.34. The molecule has 0 saturated heterocycles. The van der Waals surface area contributed by atoms with Gasteiger partial charge in [0.1, 0.15) is 11.8 Å². The molecule has 0 aliphatic carbocycles. The van der Waals surface area contributed by atoms with E-state index in [4.69, 9.17) is 5.26 Å². The molecule has 0 aliphatic heterocycles. The molecule has 1 aromatic carbocycles. The number of nitriles is 1. The Kier molecular flexibility index (Phi) is 5.28. The van der Waals surface area contributed by atoms with Gasteiger partial charge in [0.15, 0.2) is 0 Å². The third kappa shape index (κ3) is 4.03. The zero-order chi connectivity index (χ0) is 15.1. The highest BCUT2D eigenvalue weighted by molar-refractivity contribution is 6.00. The quantitative estimate of drug-likeness (QED) is 0.813. The van der Waals surface area contributed by atoms with Gasteiger partial charge in [0.05, 0.1) is 11.2 Å². The topological polar surface area (TPSA) is 65.8 Å². The van der Waals surface area contributed by atoms with Gasteiger partial charge in [-0.25, -0.2) is 4.98 Å². The van der Waals surface area contributed by atoms with Gasteiger partial charge < -0.3 is 5.32 Å². The third-order valence-electron chi connectivity index (χ3n) is 3.37. The summed E-state index contributed by atoms with van der Waals surface area (Å²) in [6, 6.07) is 11.2. The second-order valence-electron chi connectivity index (χ2n) is 5.04. The predicted molar refractivity (Wildman–Crippen MR) is 83.8 cm³/mol. The summed E-state index contributed by atoms with van der Waals surface area (Å²) in [6.45, 7) is 2.15. The first-order valence-electron chi connectivity index (χ1n) is 7.34. The Hall–Kier alpha value is -2.41. The summed E-state index contributed by atoms with van der Waals surface area (Å²) in [4.78, 5) is 16.3. The number of amides is 1. The lowest BCUT2D eigenvalue weighted by molar-refractivity contribution is -0.116. The maximum absolute atomic E-state index is 12.0. The van der Waals surface area contributed by atoms with Crippen molar-refractivity contribution in [1.82, 2.24) is 4.98 Å². The molecule has 2 aromatic rings. The number of carbonyl (C=O) groups is 1. The summed E-state index contributed by atoms with van der Waals surface area (Å²) in [7, 11) is 0. The number of unbranched alkanes of at least 4 members (excludes halogenated alkanes) is 3. The van der Waals surface area contributed by atoms with E-state index in [0.29, 0.717) is 23.3 Å². The number of carbonyl (C=O) groups excluding carboxylic acids is 1. The number of para-hydroxylation sites is 1. The highest BCUT2D eigenvalue weighted by atomic mass is 16.1. The van der Waals surface area contributed by atoms with Crippen molar-refractivity contribution in [2.45, 2.75) is 39.0 Å². The number of nitrogens with one attached hydrogen (secondary N) is 1. The van der Waals surface area contributed by atoms with E-state index < -0.39 is 0 Å². The van der Waals surface area contributed by atoms with Crippen LogP contribution in [0.5, 0.6) is 0 Å². The van der Waals surface area contributed by atoms with Crippen LogP contribution in [0.1, 0.15) is 44.7 Å². The van der Waals surface area contributed by atoms with Gasteiger partial charge in [0.2, 0.25) is 5.91 Å². The van der Waals surface area contributed by atoms with Crippen LogP contribution in [0.25, 0.3) is 10.9 Å². The fraction of sp³-hybridized carbons (Fsp3) is 0.353. The summed E-state index contributed by atoms with van der Waals surface area (Å²) in [5.41, 5.74) is 1.69. The van der Waals surface area contributed by atoms with Crippen molar-refractivity contribution < 1.29 is 4.79 Å². The molecule has 0 unspecified atom stereocenters. The number of nitrogens with zero attached hydrogens (tertiary/aromatic N) is 2. The minimum Gasteiger partial charge on any atom is -0.324 e. The molecule has 0 saturated carbocycles. The van der Waals surface area contributed by atoms with E-state index in [1.165, 1.54) is 0 Å². The van der Waals surface area contributed by atoms with Crippen molar-refractivity contribution in [3.63, 3.8) is 0 Å². The van der Waals surface area contributed by atoms with Crippen molar-refractivity contribution in [1.29, 1.82) is 5.26 Å². The second-order valence-corrected chi connectivity index (χ2v) is 5.04. The van der Waals surface area contributed by atoms with E-state index in [0.717, 1.165) is 31.1 Å². The molecule has 0 radical (unpaired) electrons. The van der Waals surface area contributed by atoms with Gasteiger partial charge in [0, 0.05) is 11.8 Å². The van der Waals surface area contributed by atoms with E-state index in [1.54, 1.807) is 6.07 Å². The number of pyridine rings is 1. The predicted octanol–water partition coefficient (Wildman–Crippen LogP) is 4.02. The minimum atomic E-state index is 0.00256. The average molecular weight is 281 g/mol. The molecule has 0 bridgehead atoms. The van der Waals surface area contributed by atoms with E-state index in [9.17, 15) is 4.79 Å². The first-order chi connectivity index (χ1) is 10.2. The lowest BCUT2D eigenvalue weighted by Gasteiger charge is -2.08. The molecule has 1 amide bonds. The van der Waals surface area contributed by atoms with E-state index in [-0.39, 0.29) is 5.91 Å². The van der Waals surface area contributed by atoms with Crippen LogP contribution in [0.3, 0.4) is 0 Å².